The first-order chi connectivity index (χ1) is 12.4. The summed E-state index contributed by atoms with van der Waals surface area (Å²) in [5, 5.41) is 0. The largest absolute Gasteiger partial charge is 0.495 e. The van der Waals surface area contributed by atoms with E-state index in [0.717, 1.165) is 5.56 Å². The average molecular weight is 374 g/mol. The Balaban J connectivity index is 1.74. The summed E-state index contributed by atoms with van der Waals surface area (Å²) in [6.45, 7) is 3.15. The van der Waals surface area contributed by atoms with Crippen LogP contribution in [0, 0.1) is 6.92 Å². The van der Waals surface area contributed by atoms with E-state index < -0.39 is 10.0 Å². The molecule has 0 unspecified atom stereocenters. The van der Waals surface area contributed by atoms with Crippen molar-refractivity contribution in [2.24, 2.45) is 0 Å². The molecular formula is C19H22N2O4S. The Morgan fingerprint density at radius 2 is 1.58 bits per heavy atom. The molecule has 0 atom stereocenters. The Labute approximate surface area is 154 Å². The van der Waals surface area contributed by atoms with Gasteiger partial charge in [-0.05, 0) is 30.7 Å². The molecule has 0 saturated carbocycles. The van der Waals surface area contributed by atoms with Crippen LogP contribution in [0.4, 0.5) is 0 Å². The Bertz CT molecular complexity index is 903. The number of sulfonamides is 1. The first kappa shape index (κ1) is 18.4. The number of carbonyl (C=O) groups is 1. The van der Waals surface area contributed by atoms with E-state index in [9.17, 15) is 13.2 Å². The van der Waals surface area contributed by atoms with Gasteiger partial charge in [0.2, 0.25) is 10.0 Å². The lowest BCUT2D eigenvalue weighted by molar-refractivity contribution is 0.0697. The van der Waals surface area contributed by atoms with Gasteiger partial charge < -0.3 is 9.64 Å². The Kier molecular flexibility index (Phi) is 5.29. The highest BCUT2D eigenvalue weighted by molar-refractivity contribution is 7.89. The van der Waals surface area contributed by atoms with Crippen molar-refractivity contribution in [3.63, 3.8) is 0 Å². The van der Waals surface area contributed by atoms with Gasteiger partial charge in [0.15, 0.2) is 0 Å². The smallest absolute Gasteiger partial charge is 0.254 e. The third-order valence-corrected chi connectivity index (χ3v) is 6.53. The predicted molar refractivity (Wildman–Crippen MR) is 98.8 cm³/mol. The van der Waals surface area contributed by atoms with Crippen LogP contribution in [0.15, 0.2) is 53.4 Å². The molecule has 0 radical (unpaired) electrons. The maximum atomic E-state index is 12.9. The van der Waals surface area contributed by atoms with Crippen LogP contribution in [0.2, 0.25) is 0 Å². The molecule has 6 nitrogen and oxygen atoms in total. The third-order valence-electron chi connectivity index (χ3n) is 4.59. The van der Waals surface area contributed by atoms with Crippen molar-refractivity contribution in [2.75, 3.05) is 33.3 Å². The van der Waals surface area contributed by atoms with Crippen molar-refractivity contribution in [1.82, 2.24) is 9.21 Å². The summed E-state index contributed by atoms with van der Waals surface area (Å²) in [5.41, 5.74) is 1.58. The number of para-hydroxylation sites is 1. The molecule has 1 amide bonds. The van der Waals surface area contributed by atoms with Gasteiger partial charge in [0.1, 0.15) is 10.6 Å². The monoisotopic (exact) mass is 374 g/mol. The normalized spacial score (nSPS) is 15.7. The zero-order valence-electron chi connectivity index (χ0n) is 14.9. The van der Waals surface area contributed by atoms with E-state index in [1.807, 2.05) is 25.1 Å². The minimum atomic E-state index is -3.66. The second-order valence-corrected chi connectivity index (χ2v) is 8.07. The lowest BCUT2D eigenvalue weighted by Gasteiger charge is -2.34. The zero-order chi connectivity index (χ0) is 18.7. The summed E-state index contributed by atoms with van der Waals surface area (Å²) >= 11 is 0. The standard InChI is InChI=1S/C19H22N2O4S/c1-15-7-3-4-8-16(15)19(22)20-11-13-21(14-12-20)26(23,24)18-10-6-5-9-17(18)25-2/h3-10H,11-14H2,1-2H3. The molecule has 1 heterocycles. The number of carbonyl (C=O) groups excluding carboxylic acids is 1. The van der Waals surface area contributed by atoms with Gasteiger partial charge in [0.05, 0.1) is 7.11 Å². The fraction of sp³-hybridized carbons (Fsp3) is 0.316. The van der Waals surface area contributed by atoms with E-state index in [4.69, 9.17) is 4.74 Å². The molecule has 2 aromatic rings. The Morgan fingerprint density at radius 3 is 2.23 bits per heavy atom. The number of amides is 1. The van der Waals surface area contributed by atoms with E-state index in [0.29, 0.717) is 24.4 Å². The van der Waals surface area contributed by atoms with Gasteiger partial charge in [-0.1, -0.05) is 30.3 Å². The van der Waals surface area contributed by atoms with Gasteiger partial charge >= 0.3 is 0 Å². The molecule has 1 fully saturated rings. The van der Waals surface area contributed by atoms with Gasteiger partial charge in [-0.25, -0.2) is 8.42 Å². The first-order valence-electron chi connectivity index (χ1n) is 8.43. The van der Waals surface area contributed by atoms with E-state index >= 15 is 0 Å². The third kappa shape index (κ3) is 3.45. The maximum Gasteiger partial charge on any atom is 0.254 e. The van der Waals surface area contributed by atoms with Gasteiger partial charge in [-0.2, -0.15) is 4.31 Å². The minimum Gasteiger partial charge on any atom is -0.495 e. The summed E-state index contributed by atoms with van der Waals surface area (Å²) in [5.74, 6) is 0.267. The summed E-state index contributed by atoms with van der Waals surface area (Å²) in [4.78, 5) is 14.5. The number of rotatable bonds is 4. The molecule has 0 spiro atoms. The molecule has 26 heavy (non-hydrogen) atoms. The molecule has 0 N–H and O–H groups in total. The van der Waals surface area contributed by atoms with Crippen LogP contribution in [-0.2, 0) is 10.0 Å². The van der Waals surface area contributed by atoms with Crippen molar-refractivity contribution < 1.29 is 17.9 Å². The van der Waals surface area contributed by atoms with Crippen molar-refractivity contribution >= 4 is 15.9 Å². The van der Waals surface area contributed by atoms with Gasteiger partial charge in [0.25, 0.3) is 5.91 Å². The topological polar surface area (TPSA) is 66.9 Å². The minimum absolute atomic E-state index is 0.0579. The van der Waals surface area contributed by atoms with Crippen LogP contribution in [0.25, 0.3) is 0 Å². The first-order valence-corrected chi connectivity index (χ1v) is 9.87. The molecule has 1 aliphatic heterocycles. The number of piperazine rings is 1. The zero-order valence-corrected chi connectivity index (χ0v) is 15.7. The highest BCUT2D eigenvalue weighted by Gasteiger charge is 2.32. The Hall–Kier alpha value is -2.38. The summed E-state index contributed by atoms with van der Waals surface area (Å²) in [7, 11) is -2.20. The SMILES string of the molecule is COc1ccccc1S(=O)(=O)N1CCN(C(=O)c2ccccc2C)CC1. The van der Waals surface area contributed by atoms with Gasteiger partial charge in [-0.3, -0.25) is 4.79 Å². The Morgan fingerprint density at radius 1 is 0.962 bits per heavy atom. The summed E-state index contributed by atoms with van der Waals surface area (Å²) < 4.78 is 32.4. The van der Waals surface area contributed by atoms with Crippen LogP contribution >= 0.6 is 0 Å². The number of benzene rings is 2. The summed E-state index contributed by atoms with van der Waals surface area (Å²) in [6.07, 6.45) is 0. The van der Waals surface area contributed by atoms with Crippen molar-refractivity contribution in [1.29, 1.82) is 0 Å². The van der Waals surface area contributed by atoms with Crippen LogP contribution in [0.3, 0.4) is 0 Å². The summed E-state index contributed by atoms with van der Waals surface area (Å²) in [6, 6.07) is 14.0. The van der Waals surface area contributed by atoms with Crippen LogP contribution in [0.5, 0.6) is 5.75 Å². The van der Waals surface area contributed by atoms with Crippen molar-refractivity contribution in [3.8, 4) is 5.75 Å². The average Bonchev–Trinajstić information content (AvgIpc) is 2.68. The molecule has 0 aromatic heterocycles. The number of aryl methyl sites for hydroxylation is 1. The molecule has 0 aliphatic carbocycles. The lowest BCUT2D eigenvalue weighted by Crippen LogP contribution is -2.50. The molecular weight excluding hydrogens is 352 g/mol. The van der Waals surface area contributed by atoms with Crippen LogP contribution in [-0.4, -0.2) is 56.8 Å². The van der Waals surface area contributed by atoms with Crippen molar-refractivity contribution in [2.45, 2.75) is 11.8 Å². The molecule has 138 valence electrons. The number of hydrogen-bond donors (Lipinski definition) is 0. The number of methoxy groups -OCH3 is 1. The van der Waals surface area contributed by atoms with Gasteiger partial charge in [0, 0.05) is 31.7 Å². The molecule has 0 bridgehead atoms. The van der Waals surface area contributed by atoms with Crippen LogP contribution < -0.4 is 4.74 Å². The highest BCUT2D eigenvalue weighted by Crippen LogP contribution is 2.27. The molecule has 1 aliphatic rings. The maximum absolute atomic E-state index is 12.9. The van der Waals surface area contributed by atoms with Crippen LogP contribution in [0.1, 0.15) is 15.9 Å². The van der Waals surface area contributed by atoms with E-state index in [1.165, 1.54) is 11.4 Å². The number of hydrogen-bond acceptors (Lipinski definition) is 4. The van der Waals surface area contributed by atoms with Crippen molar-refractivity contribution in [3.05, 3.63) is 59.7 Å². The quantitative estimate of drug-likeness (QED) is 0.822. The predicted octanol–water partition coefficient (Wildman–Crippen LogP) is 2.15. The highest BCUT2D eigenvalue weighted by atomic mass is 32.2. The molecule has 2 aromatic carbocycles. The van der Waals surface area contributed by atoms with E-state index in [2.05, 4.69) is 0 Å². The molecule has 3 rings (SSSR count). The second kappa shape index (κ2) is 7.47. The fourth-order valence-corrected chi connectivity index (χ4v) is 4.66. The lowest BCUT2D eigenvalue weighted by atomic mass is 10.1. The second-order valence-electron chi connectivity index (χ2n) is 6.16. The fourth-order valence-electron chi connectivity index (χ4n) is 3.09. The number of ether oxygens (including phenoxy) is 1. The van der Waals surface area contributed by atoms with E-state index in [-0.39, 0.29) is 23.9 Å². The van der Waals surface area contributed by atoms with Gasteiger partial charge in [-0.15, -0.1) is 0 Å². The number of nitrogens with zero attached hydrogens (tertiary/aromatic N) is 2. The van der Waals surface area contributed by atoms with E-state index in [1.54, 1.807) is 35.2 Å². The molecule has 1 saturated heterocycles. The molecule has 7 heteroatoms.